The number of amidine groups is 1. The number of nitrogens with one attached hydrogen (secondary N) is 2. The molecule has 154 valence electrons. The lowest BCUT2D eigenvalue weighted by Crippen LogP contribution is -2.27. The molecule has 0 fully saturated rings. The maximum atomic E-state index is 14.0. The van der Waals surface area contributed by atoms with Gasteiger partial charge in [-0.3, -0.25) is 10.2 Å². The van der Waals surface area contributed by atoms with Crippen molar-refractivity contribution in [1.82, 2.24) is 5.32 Å². The molecule has 2 rings (SSSR count). The van der Waals surface area contributed by atoms with E-state index in [0.717, 1.165) is 5.56 Å². The summed E-state index contributed by atoms with van der Waals surface area (Å²) < 4.78 is 29.0. The molecule has 9 heteroatoms. The number of nitrogen functional groups attached to an aromatic ring is 1. The monoisotopic (exact) mass is 403 g/mol. The Morgan fingerprint density at radius 3 is 2.52 bits per heavy atom. The third-order valence-electron chi connectivity index (χ3n) is 3.88. The van der Waals surface area contributed by atoms with E-state index in [0.29, 0.717) is 5.56 Å². The fourth-order valence-electron chi connectivity index (χ4n) is 2.31. The molecule has 0 spiro atoms. The molecule has 8 nitrogen and oxygen atoms in total. The van der Waals surface area contributed by atoms with Gasteiger partial charge < -0.3 is 25.3 Å². The van der Waals surface area contributed by atoms with E-state index in [1.807, 2.05) is 0 Å². The minimum atomic E-state index is -0.600. The fraction of sp³-hybridized carbons (Fsp3) is 0.250. The highest BCUT2D eigenvalue weighted by atomic mass is 19.1. The maximum absolute atomic E-state index is 14.0. The molecule has 0 aliphatic carbocycles. The first-order valence-electron chi connectivity index (χ1n) is 8.65. The lowest BCUT2D eigenvalue weighted by molar-refractivity contribution is -0.142. The van der Waals surface area contributed by atoms with E-state index in [2.05, 4.69) is 10.1 Å². The number of amides is 1. The van der Waals surface area contributed by atoms with Gasteiger partial charge in [-0.2, -0.15) is 0 Å². The lowest BCUT2D eigenvalue weighted by Gasteiger charge is -2.12. The number of nitrogens with two attached hydrogens (primary N) is 1. The zero-order valence-corrected chi connectivity index (χ0v) is 15.9. The van der Waals surface area contributed by atoms with E-state index in [9.17, 15) is 14.0 Å². The van der Waals surface area contributed by atoms with Crippen molar-refractivity contribution in [2.45, 2.75) is 13.2 Å². The highest BCUT2D eigenvalue weighted by Crippen LogP contribution is 2.22. The molecule has 0 aliphatic heterocycles. The van der Waals surface area contributed by atoms with Crippen LogP contribution in [0.4, 0.5) is 4.39 Å². The summed E-state index contributed by atoms with van der Waals surface area (Å²) in [6, 6.07) is 11.0. The molecule has 2 aromatic carbocycles. The molecule has 0 saturated heterocycles. The normalized spacial score (nSPS) is 10.3. The topological polar surface area (TPSA) is 124 Å². The summed E-state index contributed by atoms with van der Waals surface area (Å²) in [6.45, 7) is -0.580. The van der Waals surface area contributed by atoms with E-state index < -0.39 is 11.8 Å². The summed E-state index contributed by atoms with van der Waals surface area (Å²) in [6.07, 6.45) is 0. The standard InChI is InChI=1S/C20H22FN3O5/c1-27-19(26)12-29-17-4-2-3-16(21)15(17)10-28-11-18(25)24-9-13-5-7-14(8-6-13)20(22)23/h2-8H,9-12H2,1H3,(H3,22,23)(H,24,25). The maximum Gasteiger partial charge on any atom is 0.343 e. The van der Waals surface area contributed by atoms with E-state index >= 15 is 0 Å². The van der Waals surface area contributed by atoms with Crippen molar-refractivity contribution in [1.29, 1.82) is 5.41 Å². The van der Waals surface area contributed by atoms with Crippen molar-refractivity contribution in [3.63, 3.8) is 0 Å². The van der Waals surface area contributed by atoms with Crippen LogP contribution < -0.4 is 15.8 Å². The molecule has 29 heavy (non-hydrogen) atoms. The zero-order chi connectivity index (χ0) is 21.2. The highest BCUT2D eigenvalue weighted by molar-refractivity contribution is 5.94. The van der Waals surface area contributed by atoms with Crippen LogP contribution in [0.1, 0.15) is 16.7 Å². The van der Waals surface area contributed by atoms with Gasteiger partial charge in [-0.25, -0.2) is 9.18 Å². The number of ether oxygens (including phenoxy) is 3. The van der Waals surface area contributed by atoms with Gasteiger partial charge in [0, 0.05) is 12.1 Å². The van der Waals surface area contributed by atoms with Gasteiger partial charge in [0.2, 0.25) is 5.91 Å². The third kappa shape index (κ3) is 6.89. The van der Waals surface area contributed by atoms with Gasteiger partial charge in [0.15, 0.2) is 6.61 Å². The lowest BCUT2D eigenvalue weighted by atomic mass is 10.1. The number of carbonyl (C=O) groups excluding carboxylic acids is 2. The van der Waals surface area contributed by atoms with Crippen LogP contribution in [0.5, 0.6) is 5.75 Å². The van der Waals surface area contributed by atoms with Crippen LogP contribution in [0.2, 0.25) is 0 Å². The van der Waals surface area contributed by atoms with Crippen molar-refractivity contribution >= 4 is 17.7 Å². The van der Waals surface area contributed by atoms with Crippen molar-refractivity contribution in [2.75, 3.05) is 20.3 Å². The van der Waals surface area contributed by atoms with Crippen molar-refractivity contribution in [2.24, 2.45) is 5.73 Å². The second-order valence-corrected chi connectivity index (χ2v) is 5.96. The van der Waals surface area contributed by atoms with Crippen LogP contribution >= 0.6 is 0 Å². The predicted octanol–water partition coefficient (Wildman–Crippen LogP) is 1.49. The zero-order valence-electron chi connectivity index (χ0n) is 15.9. The molecular weight excluding hydrogens is 381 g/mol. The molecule has 1 amide bonds. The molecule has 4 N–H and O–H groups in total. The second-order valence-electron chi connectivity index (χ2n) is 5.96. The van der Waals surface area contributed by atoms with Crippen LogP contribution in [0.25, 0.3) is 0 Å². The third-order valence-corrected chi connectivity index (χ3v) is 3.88. The van der Waals surface area contributed by atoms with Gasteiger partial charge in [0.25, 0.3) is 0 Å². The van der Waals surface area contributed by atoms with Crippen molar-refractivity contribution in [3.05, 3.63) is 65.0 Å². The number of esters is 1. The summed E-state index contributed by atoms with van der Waals surface area (Å²) in [5, 5.41) is 10.0. The van der Waals surface area contributed by atoms with Gasteiger partial charge >= 0.3 is 5.97 Å². The fourth-order valence-corrected chi connectivity index (χ4v) is 2.31. The molecule has 0 bridgehead atoms. The van der Waals surface area contributed by atoms with Crippen molar-refractivity contribution < 1.29 is 28.2 Å². The molecule has 0 aliphatic rings. The largest absolute Gasteiger partial charge is 0.481 e. The molecule has 0 aromatic heterocycles. The predicted molar refractivity (Wildman–Crippen MR) is 103 cm³/mol. The van der Waals surface area contributed by atoms with Gasteiger partial charge in [-0.05, 0) is 17.7 Å². The Bertz CT molecular complexity index is 871. The average molecular weight is 403 g/mol. The first-order chi connectivity index (χ1) is 13.9. The quantitative estimate of drug-likeness (QED) is 0.314. The van der Waals surface area contributed by atoms with Gasteiger partial charge in [-0.15, -0.1) is 0 Å². The van der Waals surface area contributed by atoms with Crippen LogP contribution in [0.3, 0.4) is 0 Å². The average Bonchev–Trinajstić information content (AvgIpc) is 2.72. The van der Waals surface area contributed by atoms with Crippen molar-refractivity contribution in [3.8, 4) is 5.75 Å². The molecule has 2 aromatic rings. The van der Waals surface area contributed by atoms with Crippen LogP contribution in [-0.4, -0.2) is 38.0 Å². The van der Waals surface area contributed by atoms with E-state index in [4.69, 9.17) is 20.6 Å². The summed E-state index contributed by atoms with van der Waals surface area (Å²) in [4.78, 5) is 23.1. The summed E-state index contributed by atoms with van der Waals surface area (Å²) in [5.41, 5.74) is 6.92. The Hall–Kier alpha value is -3.46. The number of hydrogen-bond donors (Lipinski definition) is 3. The molecule has 0 atom stereocenters. The number of hydrogen-bond acceptors (Lipinski definition) is 6. The van der Waals surface area contributed by atoms with Crippen LogP contribution in [-0.2, 0) is 32.2 Å². The summed E-state index contributed by atoms with van der Waals surface area (Å²) >= 11 is 0. The number of rotatable bonds is 10. The van der Waals surface area contributed by atoms with E-state index in [-0.39, 0.29) is 49.4 Å². The molecule has 0 unspecified atom stereocenters. The van der Waals surface area contributed by atoms with E-state index in [1.54, 1.807) is 24.3 Å². The molecule has 0 saturated carbocycles. The van der Waals surface area contributed by atoms with Gasteiger partial charge in [0.1, 0.15) is 24.0 Å². The Morgan fingerprint density at radius 2 is 1.86 bits per heavy atom. The first-order valence-corrected chi connectivity index (χ1v) is 8.65. The van der Waals surface area contributed by atoms with Gasteiger partial charge in [-0.1, -0.05) is 30.3 Å². The Morgan fingerprint density at radius 1 is 1.14 bits per heavy atom. The molecule has 0 heterocycles. The number of benzene rings is 2. The summed E-state index contributed by atoms with van der Waals surface area (Å²) in [5.74, 6) is -1.44. The minimum Gasteiger partial charge on any atom is -0.481 e. The first kappa shape index (κ1) is 21.8. The number of halogens is 1. The van der Waals surface area contributed by atoms with Crippen LogP contribution in [0, 0.1) is 11.2 Å². The SMILES string of the molecule is COC(=O)COc1cccc(F)c1COCC(=O)NCc1ccc(C(=N)N)cc1. The minimum absolute atomic E-state index is 0.0305. The number of methoxy groups -OCH3 is 1. The van der Waals surface area contributed by atoms with Crippen LogP contribution in [0.15, 0.2) is 42.5 Å². The Kier molecular flexibility index (Phi) is 8.11. The highest BCUT2D eigenvalue weighted by Gasteiger charge is 2.13. The van der Waals surface area contributed by atoms with Gasteiger partial charge in [0.05, 0.1) is 19.3 Å². The Balaban J connectivity index is 1.82. The summed E-state index contributed by atoms with van der Waals surface area (Å²) in [7, 11) is 1.22. The number of carbonyl (C=O) groups is 2. The Labute approximate surface area is 167 Å². The second kappa shape index (κ2) is 10.8. The van der Waals surface area contributed by atoms with E-state index in [1.165, 1.54) is 25.3 Å². The molecular formula is C20H22FN3O5. The smallest absolute Gasteiger partial charge is 0.343 e. The molecule has 0 radical (unpaired) electrons.